The molecule has 0 radical (unpaired) electrons. The standard InChI is InChI=1S/C23H23N3O5S2/c1-14-5-7-18-21(9-14)32-23(25-18)26-22(27)16-3-2-4-17(11-16)33(28,29)24-12-15-6-8-19-20(10-15)31-13-30-19/h2-4,6,8,10-11,14,24H,5,7,9,12-13H2,1H3,(H,25,26,27). The SMILES string of the molecule is CC1CCc2nc(NC(=O)c3cccc(S(=O)(=O)NCc4ccc5c(c4)OCO5)c3)sc2C1. The van der Waals surface area contributed by atoms with Crippen LogP contribution in [0.5, 0.6) is 11.5 Å². The summed E-state index contributed by atoms with van der Waals surface area (Å²) in [4.78, 5) is 18.6. The number of rotatable bonds is 6. The van der Waals surface area contributed by atoms with Gasteiger partial charge in [-0.25, -0.2) is 18.1 Å². The second kappa shape index (κ2) is 8.77. The third-order valence-corrected chi connectivity index (χ3v) is 8.15. The quantitative estimate of drug-likeness (QED) is 0.551. The molecule has 0 fully saturated rings. The molecule has 0 bridgehead atoms. The van der Waals surface area contributed by atoms with Gasteiger partial charge in [0.1, 0.15) is 0 Å². The van der Waals surface area contributed by atoms with Crippen LogP contribution in [-0.4, -0.2) is 26.1 Å². The van der Waals surface area contributed by atoms with Gasteiger partial charge in [0, 0.05) is 17.0 Å². The predicted molar refractivity (Wildman–Crippen MR) is 124 cm³/mol. The van der Waals surface area contributed by atoms with Crippen molar-refractivity contribution in [3.05, 3.63) is 64.2 Å². The van der Waals surface area contributed by atoms with Gasteiger partial charge < -0.3 is 9.47 Å². The number of amides is 1. The highest BCUT2D eigenvalue weighted by atomic mass is 32.2. The molecule has 8 nitrogen and oxygen atoms in total. The molecule has 1 amide bonds. The van der Waals surface area contributed by atoms with Gasteiger partial charge in [0.05, 0.1) is 10.6 Å². The minimum atomic E-state index is -3.82. The summed E-state index contributed by atoms with van der Waals surface area (Å²) in [6, 6.07) is 11.2. The van der Waals surface area contributed by atoms with E-state index in [1.54, 1.807) is 30.3 Å². The number of fused-ring (bicyclic) bond motifs is 2. The van der Waals surface area contributed by atoms with E-state index in [1.807, 2.05) is 0 Å². The summed E-state index contributed by atoms with van der Waals surface area (Å²) in [6.07, 6.45) is 3.00. The van der Waals surface area contributed by atoms with Crippen molar-refractivity contribution in [3.63, 3.8) is 0 Å². The van der Waals surface area contributed by atoms with Gasteiger partial charge >= 0.3 is 0 Å². The number of ether oxygens (including phenoxy) is 2. The maximum atomic E-state index is 12.8. The lowest BCUT2D eigenvalue weighted by Crippen LogP contribution is -2.23. The normalized spacial score (nSPS) is 16.9. The van der Waals surface area contributed by atoms with Gasteiger partial charge in [-0.15, -0.1) is 11.3 Å². The third kappa shape index (κ3) is 4.73. The van der Waals surface area contributed by atoms with Gasteiger partial charge in [-0.3, -0.25) is 10.1 Å². The van der Waals surface area contributed by atoms with Gasteiger partial charge in [0.25, 0.3) is 5.91 Å². The maximum Gasteiger partial charge on any atom is 0.257 e. The predicted octanol–water partition coefficient (Wildman–Crippen LogP) is 3.73. The molecule has 1 aliphatic heterocycles. The minimum absolute atomic E-state index is 0.0168. The van der Waals surface area contributed by atoms with Crippen LogP contribution < -0.4 is 19.5 Å². The van der Waals surface area contributed by atoms with Crippen LogP contribution in [0, 0.1) is 5.92 Å². The van der Waals surface area contributed by atoms with Crippen LogP contribution >= 0.6 is 11.3 Å². The van der Waals surface area contributed by atoms with E-state index in [1.165, 1.54) is 28.3 Å². The van der Waals surface area contributed by atoms with Crippen molar-refractivity contribution in [1.29, 1.82) is 0 Å². The smallest absolute Gasteiger partial charge is 0.257 e. The lowest BCUT2D eigenvalue weighted by atomic mass is 9.93. The third-order valence-electron chi connectivity index (χ3n) is 5.72. The molecule has 5 rings (SSSR count). The van der Waals surface area contributed by atoms with Crippen LogP contribution in [0.4, 0.5) is 5.13 Å². The number of hydrogen-bond acceptors (Lipinski definition) is 7. The Morgan fingerprint density at radius 3 is 2.91 bits per heavy atom. The van der Waals surface area contributed by atoms with Crippen molar-refractivity contribution in [2.24, 2.45) is 5.92 Å². The lowest BCUT2D eigenvalue weighted by molar-refractivity contribution is 0.102. The average molecular weight is 486 g/mol. The molecule has 1 unspecified atom stereocenters. The van der Waals surface area contributed by atoms with E-state index in [0.29, 0.717) is 22.5 Å². The summed E-state index contributed by atoms with van der Waals surface area (Å²) in [5.74, 6) is 1.45. The number of aryl methyl sites for hydroxylation is 1. The Morgan fingerprint density at radius 2 is 2.03 bits per heavy atom. The number of thiazole rings is 1. The fourth-order valence-corrected chi connectivity index (χ4v) is 6.11. The number of carbonyl (C=O) groups is 1. The van der Waals surface area contributed by atoms with E-state index < -0.39 is 10.0 Å². The summed E-state index contributed by atoms with van der Waals surface area (Å²) < 4.78 is 38.8. The van der Waals surface area contributed by atoms with E-state index in [0.717, 1.165) is 30.5 Å². The van der Waals surface area contributed by atoms with Gasteiger partial charge in [0.2, 0.25) is 16.8 Å². The summed E-state index contributed by atoms with van der Waals surface area (Å²) in [6.45, 7) is 2.45. The summed E-state index contributed by atoms with van der Waals surface area (Å²) in [7, 11) is -3.82. The molecular weight excluding hydrogens is 462 g/mol. The van der Waals surface area contributed by atoms with Crippen molar-refractivity contribution in [1.82, 2.24) is 9.71 Å². The molecule has 1 aromatic heterocycles. The number of nitrogens with one attached hydrogen (secondary N) is 2. The first-order valence-electron chi connectivity index (χ1n) is 10.7. The Bertz CT molecular complexity index is 1320. The Labute approximate surface area is 196 Å². The summed E-state index contributed by atoms with van der Waals surface area (Å²) in [5, 5.41) is 3.37. The second-order valence-electron chi connectivity index (χ2n) is 8.23. The second-order valence-corrected chi connectivity index (χ2v) is 11.1. The van der Waals surface area contributed by atoms with Crippen LogP contribution in [-0.2, 0) is 29.4 Å². The Hall–Kier alpha value is -2.95. The van der Waals surface area contributed by atoms with Crippen LogP contribution in [0.25, 0.3) is 0 Å². The van der Waals surface area contributed by atoms with E-state index in [9.17, 15) is 13.2 Å². The first kappa shape index (κ1) is 21.9. The molecule has 2 aliphatic rings. The number of benzene rings is 2. The van der Waals surface area contributed by atoms with Crippen LogP contribution in [0.2, 0.25) is 0 Å². The first-order valence-corrected chi connectivity index (χ1v) is 13.0. The van der Waals surface area contributed by atoms with Crippen LogP contribution in [0.15, 0.2) is 47.4 Å². The van der Waals surface area contributed by atoms with E-state index >= 15 is 0 Å². The van der Waals surface area contributed by atoms with Gasteiger partial charge in [0.15, 0.2) is 16.6 Å². The Kier molecular flexibility index (Phi) is 5.81. The number of anilines is 1. The largest absolute Gasteiger partial charge is 0.454 e. The molecule has 2 N–H and O–H groups in total. The topological polar surface area (TPSA) is 107 Å². The maximum absolute atomic E-state index is 12.8. The van der Waals surface area contributed by atoms with E-state index in [2.05, 4.69) is 21.9 Å². The Morgan fingerprint density at radius 1 is 1.18 bits per heavy atom. The highest BCUT2D eigenvalue weighted by molar-refractivity contribution is 7.89. The molecule has 0 spiro atoms. The lowest BCUT2D eigenvalue weighted by Gasteiger charge is -2.15. The first-order chi connectivity index (χ1) is 15.9. The zero-order valence-corrected chi connectivity index (χ0v) is 19.6. The molecule has 33 heavy (non-hydrogen) atoms. The fourth-order valence-electron chi connectivity index (χ4n) is 3.88. The van der Waals surface area contributed by atoms with Gasteiger partial charge in [-0.2, -0.15) is 0 Å². The highest BCUT2D eigenvalue weighted by Crippen LogP contribution is 2.33. The molecular formula is C23H23N3O5S2. The zero-order valence-electron chi connectivity index (χ0n) is 18.0. The van der Waals surface area contributed by atoms with Crippen molar-refractivity contribution >= 4 is 32.4 Å². The Balaban J connectivity index is 1.27. The highest BCUT2D eigenvalue weighted by Gasteiger charge is 2.22. The van der Waals surface area contributed by atoms with Crippen LogP contribution in [0.1, 0.15) is 39.8 Å². The van der Waals surface area contributed by atoms with E-state index in [4.69, 9.17) is 9.47 Å². The van der Waals surface area contributed by atoms with Crippen molar-refractivity contribution in [2.45, 2.75) is 37.6 Å². The summed E-state index contributed by atoms with van der Waals surface area (Å²) in [5.41, 5.74) is 2.04. The zero-order chi connectivity index (χ0) is 23.0. The van der Waals surface area contributed by atoms with Gasteiger partial charge in [-0.1, -0.05) is 19.1 Å². The van der Waals surface area contributed by atoms with Crippen LogP contribution in [0.3, 0.4) is 0 Å². The van der Waals surface area contributed by atoms with E-state index in [-0.39, 0.29) is 29.7 Å². The van der Waals surface area contributed by atoms with Crippen molar-refractivity contribution < 1.29 is 22.7 Å². The molecule has 1 atom stereocenters. The molecule has 0 saturated carbocycles. The number of aromatic nitrogens is 1. The monoisotopic (exact) mass is 485 g/mol. The summed E-state index contributed by atoms with van der Waals surface area (Å²) >= 11 is 1.49. The molecule has 2 heterocycles. The van der Waals surface area contributed by atoms with Gasteiger partial charge in [-0.05, 0) is 61.1 Å². The average Bonchev–Trinajstić information content (AvgIpc) is 3.43. The molecule has 2 aromatic carbocycles. The number of nitrogens with zero attached hydrogens (tertiary/aromatic N) is 1. The van der Waals surface area contributed by atoms with Crippen molar-refractivity contribution in [3.8, 4) is 11.5 Å². The minimum Gasteiger partial charge on any atom is -0.454 e. The molecule has 1 aliphatic carbocycles. The number of sulfonamides is 1. The fraction of sp³-hybridized carbons (Fsp3) is 0.304. The molecule has 172 valence electrons. The molecule has 3 aromatic rings. The number of carbonyl (C=O) groups excluding carboxylic acids is 1. The molecule has 10 heteroatoms. The van der Waals surface area contributed by atoms with Crippen molar-refractivity contribution in [2.75, 3.05) is 12.1 Å². The molecule has 0 saturated heterocycles. The number of hydrogen-bond donors (Lipinski definition) is 2.